The van der Waals surface area contributed by atoms with Crippen LogP contribution in [-0.4, -0.2) is 31.2 Å². The molecule has 1 unspecified atom stereocenters. The maximum atomic E-state index is 12.2. The van der Waals surface area contributed by atoms with E-state index in [1.165, 1.54) is 0 Å². The molecule has 0 amide bonds. The van der Waals surface area contributed by atoms with Gasteiger partial charge in [-0.15, -0.1) is 0 Å². The van der Waals surface area contributed by atoms with Crippen molar-refractivity contribution in [2.24, 2.45) is 0 Å². The molecule has 2 N–H and O–H groups in total. The number of rotatable bonds is 5. The number of sulfonamides is 1. The molecule has 19 heavy (non-hydrogen) atoms. The van der Waals surface area contributed by atoms with E-state index in [4.69, 9.17) is 5.11 Å². The summed E-state index contributed by atoms with van der Waals surface area (Å²) in [6.45, 7) is 1.83. The lowest BCUT2D eigenvalue weighted by Crippen LogP contribution is -2.26. The van der Waals surface area contributed by atoms with Gasteiger partial charge in [0.1, 0.15) is 0 Å². The monoisotopic (exact) mass is 280 g/mol. The smallest absolute Gasteiger partial charge is 0.241 e. The molecule has 2 aromatic rings. The highest BCUT2D eigenvalue weighted by Gasteiger charge is 2.16. The van der Waals surface area contributed by atoms with Crippen LogP contribution in [0.3, 0.4) is 0 Å². The molecule has 2 rings (SSSR count). The first-order chi connectivity index (χ1) is 9.00. The fourth-order valence-corrected chi connectivity index (χ4v) is 3.05. The van der Waals surface area contributed by atoms with Crippen molar-refractivity contribution in [3.05, 3.63) is 36.5 Å². The van der Waals surface area contributed by atoms with Gasteiger partial charge in [0.15, 0.2) is 0 Å². The number of nitrogens with zero attached hydrogens (tertiary/aromatic N) is 1. The quantitative estimate of drug-likeness (QED) is 0.865. The Hall–Kier alpha value is -1.50. The lowest BCUT2D eigenvalue weighted by molar-refractivity contribution is 0.186. The second-order valence-corrected chi connectivity index (χ2v) is 6.10. The van der Waals surface area contributed by atoms with E-state index < -0.39 is 16.1 Å². The molecule has 0 aliphatic heterocycles. The van der Waals surface area contributed by atoms with E-state index in [1.807, 2.05) is 0 Å². The highest BCUT2D eigenvalue weighted by Crippen LogP contribution is 2.20. The molecule has 0 bridgehead atoms. The van der Waals surface area contributed by atoms with Gasteiger partial charge in [-0.3, -0.25) is 4.98 Å². The highest BCUT2D eigenvalue weighted by atomic mass is 32.2. The van der Waals surface area contributed by atoms with Gasteiger partial charge >= 0.3 is 0 Å². The van der Waals surface area contributed by atoms with Gasteiger partial charge in [-0.2, -0.15) is 0 Å². The highest BCUT2D eigenvalue weighted by molar-refractivity contribution is 7.89. The summed E-state index contributed by atoms with van der Waals surface area (Å²) in [5, 5.41) is 9.74. The molecular formula is C13H16N2O3S. The molecule has 0 spiro atoms. The molecule has 0 saturated heterocycles. The average Bonchev–Trinajstić information content (AvgIpc) is 2.37. The third kappa shape index (κ3) is 3.28. The first-order valence-corrected chi connectivity index (χ1v) is 7.50. The van der Waals surface area contributed by atoms with Gasteiger partial charge in [0.2, 0.25) is 10.0 Å². The van der Waals surface area contributed by atoms with Gasteiger partial charge in [0.25, 0.3) is 0 Å². The van der Waals surface area contributed by atoms with Gasteiger partial charge in [-0.05, 0) is 37.6 Å². The van der Waals surface area contributed by atoms with Crippen LogP contribution in [0, 0.1) is 0 Å². The second kappa shape index (κ2) is 5.64. The number of aromatic nitrogens is 1. The van der Waals surface area contributed by atoms with E-state index in [9.17, 15) is 8.42 Å². The molecule has 1 heterocycles. The van der Waals surface area contributed by atoms with E-state index in [0.29, 0.717) is 17.3 Å². The Labute approximate surface area is 112 Å². The minimum absolute atomic E-state index is 0.205. The fourth-order valence-electron chi connectivity index (χ4n) is 1.79. The maximum absolute atomic E-state index is 12.2. The van der Waals surface area contributed by atoms with E-state index in [0.717, 1.165) is 0 Å². The molecule has 0 aliphatic carbocycles. The molecule has 1 aromatic carbocycles. The summed E-state index contributed by atoms with van der Waals surface area (Å²) in [5.74, 6) is 0. The molecule has 0 saturated carbocycles. The number of hydrogen-bond donors (Lipinski definition) is 2. The van der Waals surface area contributed by atoms with Crippen molar-refractivity contribution < 1.29 is 13.5 Å². The molecule has 0 aliphatic rings. The van der Waals surface area contributed by atoms with Gasteiger partial charge in [-0.1, -0.05) is 6.07 Å². The molecule has 1 aromatic heterocycles. The Morgan fingerprint density at radius 2 is 2.11 bits per heavy atom. The lowest BCUT2D eigenvalue weighted by atomic mass is 10.2. The van der Waals surface area contributed by atoms with Crippen molar-refractivity contribution in [3.63, 3.8) is 0 Å². The third-order valence-electron chi connectivity index (χ3n) is 2.75. The van der Waals surface area contributed by atoms with Crippen LogP contribution in [0.1, 0.15) is 13.3 Å². The minimum Gasteiger partial charge on any atom is -0.393 e. The van der Waals surface area contributed by atoms with Crippen LogP contribution < -0.4 is 4.72 Å². The SMILES string of the molecule is CC(O)CCNS(=O)(=O)c1cccc2ncccc12. The number of pyridine rings is 1. The number of fused-ring (bicyclic) bond motifs is 1. The Morgan fingerprint density at radius 3 is 2.84 bits per heavy atom. The summed E-state index contributed by atoms with van der Waals surface area (Å²) in [7, 11) is -3.58. The predicted molar refractivity (Wildman–Crippen MR) is 73.2 cm³/mol. The zero-order chi connectivity index (χ0) is 13.9. The summed E-state index contributed by atoms with van der Waals surface area (Å²) in [5.41, 5.74) is 0.640. The van der Waals surface area contributed by atoms with Crippen molar-refractivity contribution in [3.8, 4) is 0 Å². The van der Waals surface area contributed by atoms with E-state index >= 15 is 0 Å². The van der Waals surface area contributed by atoms with Gasteiger partial charge in [0.05, 0.1) is 16.5 Å². The van der Waals surface area contributed by atoms with Crippen LogP contribution in [0.25, 0.3) is 10.9 Å². The van der Waals surface area contributed by atoms with Crippen LogP contribution in [0.4, 0.5) is 0 Å². The summed E-state index contributed by atoms with van der Waals surface area (Å²) >= 11 is 0. The largest absolute Gasteiger partial charge is 0.393 e. The van der Waals surface area contributed by atoms with E-state index in [1.54, 1.807) is 43.5 Å². The van der Waals surface area contributed by atoms with Gasteiger partial charge in [-0.25, -0.2) is 13.1 Å². The molecule has 0 radical (unpaired) electrons. The topological polar surface area (TPSA) is 79.3 Å². The molecular weight excluding hydrogens is 264 g/mol. The normalized spacial score (nSPS) is 13.6. The van der Waals surface area contributed by atoms with Crippen molar-refractivity contribution in [1.29, 1.82) is 0 Å². The standard InChI is InChI=1S/C13H16N2O3S/c1-10(16)7-9-15-19(17,18)13-6-2-5-12-11(13)4-3-8-14-12/h2-6,8,10,15-16H,7,9H2,1H3. The van der Waals surface area contributed by atoms with Crippen molar-refractivity contribution in [2.45, 2.75) is 24.3 Å². The summed E-state index contributed by atoms with van der Waals surface area (Å²) in [4.78, 5) is 4.34. The third-order valence-corrected chi connectivity index (χ3v) is 4.27. The number of nitrogens with one attached hydrogen (secondary N) is 1. The molecule has 5 nitrogen and oxygen atoms in total. The Balaban J connectivity index is 2.33. The summed E-state index contributed by atoms with van der Waals surface area (Å²) in [6, 6.07) is 8.42. The molecule has 0 fully saturated rings. The van der Waals surface area contributed by atoms with Crippen LogP contribution in [0.15, 0.2) is 41.4 Å². The van der Waals surface area contributed by atoms with Crippen molar-refractivity contribution in [2.75, 3.05) is 6.54 Å². The Kier molecular flexibility index (Phi) is 4.14. The number of aliphatic hydroxyl groups is 1. The summed E-state index contributed by atoms with van der Waals surface area (Å²) < 4.78 is 26.9. The molecule has 6 heteroatoms. The first-order valence-electron chi connectivity index (χ1n) is 6.02. The van der Waals surface area contributed by atoms with Crippen molar-refractivity contribution in [1.82, 2.24) is 9.71 Å². The van der Waals surface area contributed by atoms with Crippen molar-refractivity contribution >= 4 is 20.9 Å². The number of aliphatic hydroxyl groups excluding tert-OH is 1. The first kappa shape index (κ1) is 13.9. The number of hydrogen-bond acceptors (Lipinski definition) is 4. The van der Waals surface area contributed by atoms with Crippen LogP contribution in [0.2, 0.25) is 0 Å². The van der Waals surface area contributed by atoms with Crippen LogP contribution in [-0.2, 0) is 10.0 Å². The Bertz CT molecular complexity index is 663. The molecule has 1 atom stereocenters. The zero-order valence-electron chi connectivity index (χ0n) is 10.6. The fraction of sp³-hybridized carbons (Fsp3) is 0.308. The van der Waals surface area contributed by atoms with E-state index in [-0.39, 0.29) is 11.4 Å². The van der Waals surface area contributed by atoms with Gasteiger partial charge < -0.3 is 5.11 Å². The van der Waals surface area contributed by atoms with Crippen LogP contribution >= 0.6 is 0 Å². The second-order valence-electron chi connectivity index (χ2n) is 4.36. The average molecular weight is 280 g/mol. The number of benzene rings is 1. The minimum atomic E-state index is -3.58. The van der Waals surface area contributed by atoms with Crippen LogP contribution in [0.5, 0.6) is 0 Å². The molecule has 102 valence electrons. The lowest BCUT2D eigenvalue weighted by Gasteiger charge is -2.10. The maximum Gasteiger partial charge on any atom is 0.241 e. The predicted octanol–water partition coefficient (Wildman–Crippen LogP) is 1.28. The van der Waals surface area contributed by atoms with Gasteiger partial charge in [0, 0.05) is 18.1 Å². The van der Waals surface area contributed by atoms with E-state index in [2.05, 4.69) is 9.71 Å². The zero-order valence-corrected chi connectivity index (χ0v) is 11.4. The Morgan fingerprint density at radius 1 is 1.32 bits per heavy atom. The summed E-state index contributed by atoms with van der Waals surface area (Å²) in [6.07, 6.45) is 1.47.